The van der Waals surface area contributed by atoms with Crippen LogP contribution in [0.5, 0.6) is 11.5 Å². The molecule has 0 spiro atoms. The van der Waals surface area contributed by atoms with E-state index >= 15 is 4.39 Å². The van der Waals surface area contributed by atoms with E-state index in [0.29, 0.717) is 59.3 Å². The third-order valence-electron chi connectivity index (χ3n) is 9.71. The van der Waals surface area contributed by atoms with E-state index in [1.54, 1.807) is 15.6 Å². The lowest BCUT2D eigenvalue weighted by atomic mass is 9.96. The number of halogens is 4. The highest BCUT2D eigenvalue weighted by Crippen LogP contribution is 2.44. The lowest BCUT2D eigenvalue weighted by Gasteiger charge is -2.27. The lowest BCUT2D eigenvalue weighted by molar-refractivity contribution is -0.138. The topological polar surface area (TPSA) is 165 Å². The number of anilines is 1. The summed E-state index contributed by atoms with van der Waals surface area (Å²) >= 11 is 0. The number of nitrogens with zero attached hydrogens (tertiary/aromatic N) is 6. The van der Waals surface area contributed by atoms with E-state index < -0.39 is 31.5 Å². The standard InChI is InChI=1S/C38H35F4N6O7P/c1-4-22-7-6-8-23(5-2)32(22)48-33(29-20-46(14-13-31(29)45-48)36-43-18-24(19-44-36)38(40,41)42)28-17-30(39)35(54-3)34-27(28)16-25(47(34)37(49)50)15-21-9-11-26(12-10-21)55-56(51,52)53/h6-12,16-19H,4-5,13-15,20H2,1-3H3,(H,49,50)(H2,51,52,53). The van der Waals surface area contributed by atoms with Gasteiger partial charge < -0.3 is 19.3 Å². The Balaban J connectivity index is 1.46. The average Bonchev–Trinajstić information content (AvgIpc) is 3.72. The molecule has 56 heavy (non-hydrogen) atoms. The first-order valence-corrected chi connectivity index (χ1v) is 19.0. The largest absolute Gasteiger partial charge is 0.524 e. The molecule has 18 heteroatoms. The molecule has 292 valence electrons. The maximum atomic E-state index is 16.4. The van der Waals surface area contributed by atoms with E-state index in [9.17, 15) is 37.4 Å². The molecular weight excluding hydrogens is 759 g/mol. The van der Waals surface area contributed by atoms with E-state index in [-0.39, 0.29) is 41.6 Å². The number of alkyl halides is 3. The van der Waals surface area contributed by atoms with Crippen LogP contribution in [0.1, 0.15) is 53.1 Å². The van der Waals surface area contributed by atoms with E-state index in [1.165, 1.54) is 37.4 Å². The molecule has 0 atom stereocenters. The minimum atomic E-state index is -4.82. The summed E-state index contributed by atoms with van der Waals surface area (Å²) in [7, 11) is -3.59. The molecule has 0 amide bonds. The molecule has 6 aromatic rings. The molecule has 3 N–H and O–H groups in total. The number of phosphoric ester groups is 1. The zero-order valence-electron chi connectivity index (χ0n) is 30.2. The second-order valence-corrected chi connectivity index (χ2v) is 14.3. The van der Waals surface area contributed by atoms with Gasteiger partial charge >= 0.3 is 20.1 Å². The van der Waals surface area contributed by atoms with Crippen molar-refractivity contribution in [3.05, 3.63) is 112 Å². The number of rotatable bonds is 10. The van der Waals surface area contributed by atoms with Gasteiger partial charge in [-0.1, -0.05) is 44.2 Å². The van der Waals surface area contributed by atoms with Crippen molar-refractivity contribution in [2.45, 2.75) is 52.3 Å². The van der Waals surface area contributed by atoms with Crippen molar-refractivity contribution in [3.63, 3.8) is 0 Å². The van der Waals surface area contributed by atoms with Crippen LogP contribution in [0.3, 0.4) is 0 Å². The molecule has 13 nitrogen and oxygen atoms in total. The molecule has 0 saturated carbocycles. The first kappa shape index (κ1) is 38.5. The number of hydrogen-bond donors (Lipinski definition) is 3. The molecule has 0 saturated heterocycles. The lowest BCUT2D eigenvalue weighted by Crippen LogP contribution is -2.31. The predicted octanol–water partition coefficient (Wildman–Crippen LogP) is 7.73. The van der Waals surface area contributed by atoms with Crippen LogP contribution in [0.25, 0.3) is 27.8 Å². The van der Waals surface area contributed by atoms with Crippen molar-refractivity contribution in [1.82, 2.24) is 24.3 Å². The number of methoxy groups -OCH3 is 1. The van der Waals surface area contributed by atoms with Crippen molar-refractivity contribution < 1.29 is 51.1 Å². The fraction of sp³-hybridized carbons (Fsp3) is 0.263. The zero-order valence-corrected chi connectivity index (χ0v) is 31.1. The molecule has 3 aromatic carbocycles. The van der Waals surface area contributed by atoms with Crippen LogP contribution in [-0.4, -0.2) is 59.0 Å². The highest BCUT2D eigenvalue weighted by Gasteiger charge is 2.34. The van der Waals surface area contributed by atoms with E-state index in [2.05, 4.69) is 14.5 Å². The van der Waals surface area contributed by atoms with E-state index in [0.717, 1.165) is 33.8 Å². The van der Waals surface area contributed by atoms with Crippen LogP contribution >= 0.6 is 7.82 Å². The Morgan fingerprint density at radius 1 is 1.00 bits per heavy atom. The second-order valence-electron chi connectivity index (χ2n) is 13.1. The van der Waals surface area contributed by atoms with Crippen LogP contribution < -0.4 is 14.2 Å². The molecule has 0 radical (unpaired) electrons. The van der Waals surface area contributed by atoms with Crippen LogP contribution in [0.15, 0.2) is 67.0 Å². The van der Waals surface area contributed by atoms with Crippen LogP contribution in [-0.2, 0) is 43.0 Å². The van der Waals surface area contributed by atoms with Crippen molar-refractivity contribution in [3.8, 4) is 28.4 Å². The normalized spacial score (nSPS) is 13.3. The number of fused-ring (bicyclic) bond motifs is 2. The molecule has 7 rings (SSSR count). The number of carbonyl (C=O) groups is 1. The SMILES string of the molecule is CCc1cccc(CC)c1-n1nc2c(c1-c1cc(F)c(OC)c3c1cc(Cc1ccc(OP(=O)(O)O)cc1)n3C(=O)O)CN(c1ncc(C(F)(F)F)cn1)CC2. The van der Waals surface area contributed by atoms with Gasteiger partial charge in [-0.25, -0.2) is 33.0 Å². The van der Waals surface area contributed by atoms with Gasteiger partial charge in [0, 0.05) is 60.5 Å². The molecule has 0 aliphatic carbocycles. The number of ether oxygens (including phenoxy) is 1. The highest BCUT2D eigenvalue weighted by atomic mass is 31.2. The van der Waals surface area contributed by atoms with Gasteiger partial charge in [0.25, 0.3) is 0 Å². The summed E-state index contributed by atoms with van der Waals surface area (Å²) in [6, 6.07) is 14.5. The smallest absolute Gasteiger partial charge is 0.492 e. The summed E-state index contributed by atoms with van der Waals surface area (Å²) in [5, 5.41) is 16.0. The number of phosphoric acid groups is 1. The Kier molecular flexibility index (Phi) is 10.1. The highest BCUT2D eigenvalue weighted by molar-refractivity contribution is 7.46. The minimum Gasteiger partial charge on any atom is -0.492 e. The van der Waals surface area contributed by atoms with Gasteiger partial charge in [-0.2, -0.15) is 18.3 Å². The van der Waals surface area contributed by atoms with Crippen molar-refractivity contribution in [2.24, 2.45) is 0 Å². The Bertz CT molecular complexity index is 2490. The second kappa shape index (κ2) is 14.7. The third kappa shape index (κ3) is 7.20. The van der Waals surface area contributed by atoms with Crippen molar-refractivity contribution in [1.29, 1.82) is 0 Å². The summed E-state index contributed by atoms with van der Waals surface area (Å²) in [6.07, 6.45) is -2.99. The van der Waals surface area contributed by atoms with Crippen molar-refractivity contribution in [2.75, 3.05) is 18.6 Å². The Labute approximate surface area is 317 Å². The first-order valence-electron chi connectivity index (χ1n) is 17.5. The number of para-hydroxylation sites is 1. The summed E-state index contributed by atoms with van der Waals surface area (Å²) in [6.45, 7) is 4.42. The Morgan fingerprint density at radius 3 is 2.23 bits per heavy atom. The maximum Gasteiger partial charge on any atom is 0.524 e. The zero-order chi connectivity index (χ0) is 40.1. The molecule has 1 aliphatic rings. The Morgan fingerprint density at radius 2 is 1.66 bits per heavy atom. The number of hydrogen-bond acceptors (Lipinski definition) is 8. The first-order chi connectivity index (χ1) is 26.6. The minimum absolute atomic E-state index is 0.00353. The number of aryl methyl sites for hydroxylation is 2. The number of aromatic nitrogens is 5. The molecule has 3 aromatic heterocycles. The fourth-order valence-corrected chi connectivity index (χ4v) is 7.63. The monoisotopic (exact) mass is 794 g/mol. The molecular formula is C38H35F4N6O7P. The number of benzene rings is 3. The predicted molar refractivity (Wildman–Crippen MR) is 197 cm³/mol. The van der Waals surface area contributed by atoms with Crippen LogP contribution in [0.4, 0.5) is 28.3 Å². The van der Waals surface area contributed by atoms with Gasteiger partial charge in [-0.15, -0.1) is 0 Å². The number of carboxylic acid groups (broad SMARTS) is 1. The fourth-order valence-electron chi connectivity index (χ4n) is 7.23. The van der Waals surface area contributed by atoms with Gasteiger partial charge in [0.2, 0.25) is 5.95 Å². The molecule has 4 heterocycles. The quantitative estimate of drug-likeness (QED) is 0.0918. The van der Waals surface area contributed by atoms with Gasteiger partial charge in [-0.3, -0.25) is 9.79 Å². The molecule has 0 fully saturated rings. The van der Waals surface area contributed by atoms with E-state index in [1.807, 2.05) is 32.0 Å². The average molecular weight is 795 g/mol. The van der Waals surface area contributed by atoms with Gasteiger partial charge in [0.15, 0.2) is 11.6 Å². The summed E-state index contributed by atoms with van der Waals surface area (Å²) < 4.78 is 80.6. The van der Waals surface area contributed by atoms with Crippen LogP contribution in [0.2, 0.25) is 0 Å². The van der Waals surface area contributed by atoms with Gasteiger partial charge in [0.1, 0.15) is 11.3 Å². The summed E-state index contributed by atoms with van der Waals surface area (Å²) in [4.78, 5) is 41.2. The van der Waals surface area contributed by atoms with Crippen molar-refractivity contribution >= 4 is 30.8 Å². The maximum absolute atomic E-state index is 16.4. The van der Waals surface area contributed by atoms with Crippen LogP contribution in [0, 0.1) is 5.82 Å². The third-order valence-corrected chi connectivity index (χ3v) is 10.2. The van der Waals surface area contributed by atoms with Gasteiger partial charge in [-0.05, 0) is 53.8 Å². The molecule has 1 aliphatic heterocycles. The van der Waals surface area contributed by atoms with Gasteiger partial charge in [0.05, 0.1) is 29.7 Å². The van der Waals surface area contributed by atoms with E-state index in [4.69, 9.17) is 9.84 Å². The summed E-state index contributed by atoms with van der Waals surface area (Å²) in [5.74, 6) is -1.20. The Hall–Kier alpha value is -5.77. The summed E-state index contributed by atoms with van der Waals surface area (Å²) in [5.41, 5.74) is 4.44. The molecule has 0 bridgehead atoms. The molecule has 0 unspecified atom stereocenters.